The van der Waals surface area contributed by atoms with Gasteiger partial charge in [0.25, 0.3) is 0 Å². The average molecular weight is 317 g/mol. The molecule has 1 heterocycles. The number of aryl methyl sites for hydroxylation is 3. The molecule has 6 nitrogen and oxygen atoms in total. The molecule has 1 atom stereocenters. The van der Waals surface area contributed by atoms with Gasteiger partial charge in [0.1, 0.15) is 6.04 Å². The van der Waals surface area contributed by atoms with E-state index in [1.165, 1.54) is 4.90 Å². The van der Waals surface area contributed by atoms with E-state index in [1.807, 2.05) is 32.9 Å². The zero-order chi connectivity index (χ0) is 17.1. The van der Waals surface area contributed by atoms with Crippen LogP contribution in [0.1, 0.15) is 29.5 Å². The Balaban J connectivity index is 1.97. The number of rotatable bonds is 4. The number of benzene rings is 1. The van der Waals surface area contributed by atoms with Gasteiger partial charge in [-0.1, -0.05) is 17.7 Å². The van der Waals surface area contributed by atoms with E-state index in [2.05, 4.69) is 10.6 Å². The lowest BCUT2D eigenvalue weighted by Gasteiger charge is -2.21. The number of hydrogen-bond donors (Lipinski definition) is 2. The van der Waals surface area contributed by atoms with Gasteiger partial charge >= 0.3 is 0 Å². The Morgan fingerprint density at radius 2 is 1.87 bits per heavy atom. The molecule has 0 saturated carbocycles. The predicted molar refractivity (Wildman–Crippen MR) is 88.1 cm³/mol. The first-order valence-electron chi connectivity index (χ1n) is 7.70. The number of nitrogens with one attached hydrogen (secondary N) is 2. The Kier molecular flexibility index (Phi) is 5.03. The number of likely N-dealkylation sites (N-methyl/N-ethyl adjacent to an activating group) is 1. The third kappa shape index (κ3) is 4.09. The minimum atomic E-state index is -0.511. The molecule has 6 heteroatoms. The molecule has 0 spiro atoms. The van der Waals surface area contributed by atoms with Crippen LogP contribution in [0.2, 0.25) is 0 Å². The Bertz CT molecular complexity index is 631. The van der Waals surface area contributed by atoms with Crippen LogP contribution in [0, 0.1) is 20.8 Å². The summed E-state index contributed by atoms with van der Waals surface area (Å²) in [6.45, 7) is 5.85. The topological polar surface area (TPSA) is 78.5 Å². The minimum absolute atomic E-state index is 0.0437. The standard InChI is InChI=1S/C17H23N3O3/c1-10-7-11(2)16(12(3)8-10)19-15(22)9-20(4)17(23)13-5-6-14(21)18-13/h7-8,13H,5-6,9H2,1-4H3,(H,18,21)(H,19,22)/t13-/m0/s1. The normalized spacial score (nSPS) is 16.9. The molecule has 1 aromatic carbocycles. The molecule has 0 unspecified atom stereocenters. The van der Waals surface area contributed by atoms with Gasteiger partial charge in [-0.05, 0) is 38.3 Å². The lowest BCUT2D eigenvalue weighted by Crippen LogP contribution is -2.45. The summed E-state index contributed by atoms with van der Waals surface area (Å²) in [5.41, 5.74) is 3.92. The van der Waals surface area contributed by atoms with Crippen molar-refractivity contribution in [2.24, 2.45) is 0 Å². The first-order valence-corrected chi connectivity index (χ1v) is 7.70. The molecule has 2 rings (SSSR count). The van der Waals surface area contributed by atoms with Gasteiger partial charge in [-0.3, -0.25) is 14.4 Å². The molecule has 0 bridgehead atoms. The number of nitrogens with zero attached hydrogens (tertiary/aromatic N) is 1. The van der Waals surface area contributed by atoms with Crippen LogP contribution >= 0.6 is 0 Å². The lowest BCUT2D eigenvalue weighted by molar-refractivity contribution is -0.135. The monoisotopic (exact) mass is 317 g/mol. The van der Waals surface area contributed by atoms with E-state index < -0.39 is 6.04 Å². The second-order valence-electron chi connectivity index (χ2n) is 6.17. The van der Waals surface area contributed by atoms with Crippen molar-refractivity contribution in [3.8, 4) is 0 Å². The summed E-state index contributed by atoms with van der Waals surface area (Å²) < 4.78 is 0. The van der Waals surface area contributed by atoms with E-state index in [-0.39, 0.29) is 24.3 Å². The van der Waals surface area contributed by atoms with E-state index in [0.29, 0.717) is 12.8 Å². The van der Waals surface area contributed by atoms with Crippen molar-refractivity contribution in [3.63, 3.8) is 0 Å². The number of carbonyl (C=O) groups excluding carboxylic acids is 3. The molecule has 1 aliphatic rings. The maximum absolute atomic E-state index is 12.2. The van der Waals surface area contributed by atoms with Gasteiger partial charge in [-0.15, -0.1) is 0 Å². The Labute approximate surface area is 136 Å². The van der Waals surface area contributed by atoms with Crippen molar-refractivity contribution < 1.29 is 14.4 Å². The van der Waals surface area contributed by atoms with E-state index >= 15 is 0 Å². The summed E-state index contributed by atoms with van der Waals surface area (Å²) in [5, 5.41) is 5.49. The Morgan fingerprint density at radius 1 is 1.26 bits per heavy atom. The van der Waals surface area contributed by atoms with Crippen molar-refractivity contribution >= 4 is 23.4 Å². The van der Waals surface area contributed by atoms with E-state index in [9.17, 15) is 14.4 Å². The molecule has 2 N–H and O–H groups in total. The number of carbonyl (C=O) groups is 3. The lowest BCUT2D eigenvalue weighted by atomic mass is 10.1. The zero-order valence-corrected chi connectivity index (χ0v) is 14.0. The Morgan fingerprint density at radius 3 is 2.39 bits per heavy atom. The second-order valence-corrected chi connectivity index (χ2v) is 6.17. The van der Waals surface area contributed by atoms with Gasteiger partial charge in [0.15, 0.2) is 0 Å². The first-order chi connectivity index (χ1) is 10.8. The highest BCUT2D eigenvalue weighted by Gasteiger charge is 2.30. The van der Waals surface area contributed by atoms with Crippen LogP contribution in [-0.4, -0.2) is 42.3 Å². The molecule has 0 aromatic heterocycles. The predicted octanol–water partition coefficient (Wildman–Crippen LogP) is 1.29. The quantitative estimate of drug-likeness (QED) is 0.878. The third-order valence-corrected chi connectivity index (χ3v) is 3.99. The highest BCUT2D eigenvalue weighted by molar-refractivity contribution is 5.97. The van der Waals surface area contributed by atoms with Gasteiger partial charge in [-0.25, -0.2) is 0 Å². The SMILES string of the molecule is Cc1cc(C)c(NC(=O)CN(C)C(=O)[C@@H]2CCC(=O)N2)c(C)c1. The number of anilines is 1. The molecule has 1 aliphatic heterocycles. The van der Waals surface area contributed by atoms with Crippen molar-refractivity contribution in [2.45, 2.75) is 39.7 Å². The summed E-state index contributed by atoms with van der Waals surface area (Å²) in [6, 6.07) is 3.50. The van der Waals surface area contributed by atoms with Crippen LogP contribution < -0.4 is 10.6 Å². The van der Waals surface area contributed by atoms with E-state index in [4.69, 9.17) is 0 Å². The smallest absolute Gasteiger partial charge is 0.245 e. The van der Waals surface area contributed by atoms with Crippen LogP contribution in [0.3, 0.4) is 0 Å². The zero-order valence-electron chi connectivity index (χ0n) is 14.0. The highest BCUT2D eigenvalue weighted by Crippen LogP contribution is 2.21. The molecule has 3 amide bonds. The van der Waals surface area contributed by atoms with Gasteiger partial charge in [0.05, 0.1) is 6.54 Å². The molecular weight excluding hydrogens is 294 g/mol. The maximum Gasteiger partial charge on any atom is 0.245 e. The summed E-state index contributed by atoms with van der Waals surface area (Å²) in [7, 11) is 1.57. The van der Waals surface area contributed by atoms with Crippen LogP contribution in [0.4, 0.5) is 5.69 Å². The van der Waals surface area contributed by atoms with Crippen molar-refractivity contribution in [1.29, 1.82) is 0 Å². The average Bonchev–Trinajstić information content (AvgIpc) is 2.88. The second kappa shape index (κ2) is 6.81. The van der Waals surface area contributed by atoms with Crippen molar-refractivity contribution in [1.82, 2.24) is 10.2 Å². The van der Waals surface area contributed by atoms with Gasteiger partial charge in [0.2, 0.25) is 17.7 Å². The first kappa shape index (κ1) is 17.0. The summed E-state index contributed by atoms with van der Waals surface area (Å²) in [6.07, 6.45) is 0.845. The van der Waals surface area contributed by atoms with Crippen LogP contribution in [0.5, 0.6) is 0 Å². The van der Waals surface area contributed by atoms with Crippen LogP contribution in [0.15, 0.2) is 12.1 Å². The highest BCUT2D eigenvalue weighted by atomic mass is 16.2. The van der Waals surface area contributed by atoms with E-state index in [0.717, 1.165) is 22.4 Å². The van der Waals surface area contributed by atoms with Crippen molar-refractivity contribution in [3.05, 3.63) is 28.8 Å². The van der Waals surface area contributed by atoms with Gasteiger partial charge in [0, 0.05) is 19.2 Å². The van der Waals surface area contributed by atoms with Gasteiger partial charge in [-0.2, -0.15) is 0 Å². The minimum Gasteiger partial charge on any atom is -0.344 e. The molecule has 1 fully saturated rings. The third-order valence-electron chi connectivity index (χ3n) is 3.99. The largest absolute Gasteiger partial charge is 0.344 e. The fourth-order valence-corrected chi connectivity index (χ4v) is 2.91. The molecule has 124 valence electrons. The summed E-state index contributed by atoms with van der Waals surface area (Å²) >= 11 is 0. The fraction of sp³-hybridized carbons (Fsp3) is 0.471. The summed E-state index contributed by atoms with van der Waals surface area (Å²) in [5.74, 6) is -0.601. The van der Waals surface area contributed by atoms with Gasteiger partial charge < -0.3 is 15.5 Å². The van der Waals surface area contributed by atoms with Crippen molar-refractivity contribution in [2.75, 3.05) is 18.9 Å². The molecule has 1 saturated heterocycles. The number of hydrogen-bond acceptors (Lipinski definition) is 3. The molecular formula is C17H23N3O3. The molecule has 0 aliphatic carbocycles. The van der Waals surface area contributed by atoms with E-state index in [1.54, 1.807) is 7.05 Å². The molecule has 23 heavy (non-hydrogen) atoms. The number of amides is 3. The Hall–Kier alpha value is -2.37. The summed E-state index contributed by atoms with van der Waals surface area (Å²) in [4.78, 5) is 36.9. The fourth-order valence-electron chi connectivity index (χ4n) is 2.91. The maximum atomic E-state index is 12.2. The molecule has 1 aromatic rings. The van der Waals surface area contributed by atoms with Crippen LogP contribution in [0.25, 0.3) is 0 Å². The van der Waals surface area contributed by atoms with Crippen LogP contribution in [-0.2, 0) is 14.4 Å². The molecule has 0 radical (unpaired) electrons.